The second-order valence-electron chi connectivity index (χ2n) is 7.15. The molecule has 4 rings (SSSR count). The van der Waals surface area contributed by atoms with Gasteiger partial charge in [-0.2, -0.15) is 4.98 Å². The molecular weight excluding hydrogens is 428 g/mol. The van der Waals surface area contributed by atoms with Crippen LogP contribution < -0.4 is 5.32 Å². The second kappa shape index (κ2) is 9.89. The Balaban J connectivity index is 1.26. The standard InChI is InChI=1S/C23H22N4O2S2/c1-15-8-9-16(2)18(10-15)13-30-23-25-19(14-31-23)11-20(28)24-12-21-26-22(27-29-21)17-6-4-3-5-7-17/h3-10,14H,11-13H2,1-2H3,(H,24,28). The first-order chi connectivity index (χ1) is 15.1. The van der Waals surface area contributed by atoms with Crippen molar-refractivity contribution in [3.8, 4) is 11.4 Å². The fourth-order valence-corrected chi connectivity index (χ4v) is 4.87. The van der Waals surface area contributed by atoms with Crippen molar-refractivity contribution >= 4 is 29.0 Å². The second-order valence-corrected chi connectivity index (χ2v) is 9.24. The zero-order chi connectivity index (χ0) is 21.6. The molecule has 0 spiro atoms. The third-order valence-electron chi connectivity index (χ3n) is 4.66. The molecule has 8 heteroatoms. The number of amides is 1. The summed E-state index contributed by atoms with van der Waals surface area (Å²) in [5.74, 6) is 1.62. The highest BCUT2D eigenvalue weighted by Crippen LogP contribution is 2.28. The van der Waals surface area contributed by atoms with Crippen LogP contribution in [0, 0.1) is 13.8 Å². The van der Waals surface area contributed by atoms with Crippen LogP contribution in [0.25, 0.3) is 11.4 Å². The van der Waals surface area contributed by atoms with Gasteiger partial charge in [0.05, 0.1) is 18.7 Å². The van der Waals surface area contributed by atoms with E-state index in [2.05, 4.69) is 52.5 Å². The van der Waals surface area contributed by atoms with Crippen molar-refractivity contribution in [2.75, 3.05) is 0 Å². The van der Waals surface area contributed by atoms with Gasteiger partial charge in [-0.3, -0.25) is 4.79 Å². The third-order valence-corrected chi connectivity index (χ3v) is 6.78. The molecule has 0 saturated carbocycles. The molecule has 2 heterocycles. The average molecular weight is 451 g/mol. The zero-order valence-corrected chi connectivity index (χ0v) is 18.9. The predicted octanol–water partition coefficient (Wildman–Crippen LogP) is 4.96. The van der Waals surface area contributed by atoms with E-state index in [1.54, 1.807) is 23.1 Å². The number of carbonyl (C=O) groups excluding carboxylic acids is 1. The van der Waals surface area contributed by atoms with E-state index in [1.807, 2.05) is 35.7 Å². The number of hydrogen-bond acceptors (Lipinski definition) is 7. The normalized spacial score (nSPS) is 10.9. The van der Waals surface area contributed by atoms with Gasteiger partial charge in [-0.25, -0.2) is 4.98 Å². The average Bonchev–Trinajstić information content (AvgIpc) is 3.43. The van der Waals surface area contributed by atoms with Gasteiger partial charge in [0.1, 0.15) is 4.34 Å². The van der Waals surface area contributed by atoms with Crippen molar-refractivity contribution in [2.45, 2.75) is 36.9 Å². The highest BCUT2D eigenvalue weighted by molar-refractivity contribution is 8.00. The van der Waals surface area contributed by atoms with Crippen molar-refractivity contribution in [3.05, 3.63) is 82.2 Å². The maximum absolute atomic E-state index is 12.3. The first-order valence-corrected chi connectivity index (χ1v) is 11.7. The minimum Gasteiger partial charge on any atom is -0.347 e. The highest BCUT2D eigenvalue weighted by Gasteiger charge is 2.12. The highest BCUT2D eigenvalue weighted by atomic mass is 32.2. The molecular formula is C23H22N4O2S2. The molecule has 0 aliphatic heterocycles. The van der Waals surface area contributed by atoms with E-state index in [0.717, 1.165) is 21.3 Å². The van der Waals surface area contributed by atoms with Crippen LogP contribution in [-0.4, -0.2) is 21.0 Å². The molecule has 0 saturated heterocycles. The van der Waals surface area contributed by atoms with E-state index >= 15 is 0 Å². The fraction of sp³-hybridized carbons (Fsp3) is 0.217. The number of hydrogen-bond donors (Lipinski definition) is 1. The molecule has 0 fully saturated rings. The number of nitrogens with zero attached hydrogens (tertiary/aromatic N) is 3. The molecule has 6 nitrogen and oxygen atoms in total. The summed E-state index contributed by atoms with van der Waals surface area (Å²) in [6.45, 7) is 4.42. The fourth-order valence-electron chi connectivity index (χ4n) is 2.96. The van der Waals surface area contributed by atoms with Crippen LogP contribution in [0.3, 0.4) is 0 Å². The summed E-state index contributed by atoms with van der Waals surface area (Å²) in [5, 5.41) is 8.71. The van der Waals surface area contributed by atoms with E-state index < -0.39 is 0 Å². The molecule has 0 bridgehead atoms. The lowest BCUT2D eigenvalue weighted by molar-refractivity contribution is -0.120. The lowest BCUT2D eigenvalue weighted by atomic mass is 10.1. The van der Waals surface area contributed by atoms with Crippen molar-refractivity contribution in [2.24, 2.45) is 0 Å². The summed E-state index contributed by atoms with van der Waals surface area (Å²) in [5.41, 5.74) is 5.49. The zero-order valence-electron chi connectivity index (χ0n) is 17.3. The SMILES string of the molecule is Cc1ccc(C)c(CSc2nc(CC(=O)NCc3nc(-c4ccccc4)no3)cs2)c1. The Labute approximate surface area is 189 Å². The molecule has 158 valence electrons. The summed E-state index contributed by atoms with van der Waals surface area (Å²) >= 11 is 3.26. The van der Waals surface area contributed by atoms with E-state index in [1.165, 1.54) is 16.7 Å². The van der Waals surface area contributed by atoms with Crippen molar-refractivity contribution in [1.29, 1.82) is 0 Å². The number of rotatable bonds is 8. The Hall–Kier alpha value is -2.97. The van der Waals surface area contributed by atoms with Gasteiger partial charge in [-0.1, -0.05) is 71.0 Å². The van der Waals surface area contributed by atoms with Gasteiger partial charge in [0.2, 0.25) is 17.6 Å². The van der Waals surface area contributed by atoms with Gasteiger partial charge in [0.25, 0.3) is 0 Å². The molecule has 0 radical (unpaired) electrons. The molecule has 1 amide bonds. The maximum Gasteiger partial charge on any atom is 0.246 e. The Bertz CT molecular complexity index is 1170. The maximum atomic E-state index is 12.3. The summed E-state index contributed by atoms with van der Waals surface area (Å²) in [7, 11) is 0. The summed E-state index contributed by atoms with van der Waals surface area (Å²) < 4.78 is 6.19. The Morgan fingerprint density at radius 1 is 1.13 bits per heavy atom. The first kappa shape index (κ1) is 21.3. The van der Waals surface area contributed by atoms with Crippen LogP contribution in [0.15, 0.2) is 62.8 Å². The van der Waals surface area contributed by atoms with Gasteiger partial charge in [-0.15, -0.1) is 11.3 Å². The quantitative estimate of drug-likeness (QED) is 0.382. The number of thiazole rings is 1. The van der Waals surface area contributed by atoms with Crippen molar-refractivity contribution < 1.29 is 9.32 Å². The molecule has 2 aromatic heterocycles. The van der Waals surface area contributed by atoms with E-state index in [-0.39, 0.29) is 18.9 Å². The topological polar surface area (TPSA) is 80.9 Å². The number of aromatic nitrogens is 3. The molecule has 1 N–H and O–H groups in total. The van der Waals surface area contributed by atoms with E-state index in [9.17, 15) is 4.79 Å². The van der Waals surface area contributed by atoms with Gasteiger partial charge >= 0.3 is 0 Å². The van der Waals surface area contributed by atoms with Crippen LogP contribution in [0.1, 0.15) is 28.3 Å². The van der Waals surface area contributed by atoms with Gasteiger partial charge in [0, 0.05) is 16.7 Å². The lowest BCUT2D eigenvalue weighted by Gasteiger charge is -2.05. The Morgan fingerprint density at radius 2 is 1.97 bits per heavy atom. The van der Waals surface area contributed by atoms with Crippen molar-refractivity contribution in [3.63, 3.8) is 0 Å². The number of carbonyl (C=O) groups is 1. The first-order valence-electron chi connectivity index (χ1n) is 9.85. The van der Waals surface area contributed by atoms with Gasteiger partial charge in [-0.05, 0) is 25.0 Å². The largest absolute Gasteiger partial charge is 0.347 e. The molecule has 0 aliphatic carbocycles. The number of thioether (sulfide) groups is 1. The van der Waals surface area contributed by atoms with E-state index in [4.69, 9.17) is 4.52 Å². The predicted molar refractivity (Wildman–Crippen MR) is 123 cm³/mol. The Kier molecular flexibility index (Phi) is 6.79. The van der Waals surface area contributed by atoms with Crippen LogP contribution in [0.2, 0.25) is 0 Å². The minimum absolute atomic E-state index is 0.129. The molecule has 31 heavy (non-hydrogen) atoms. The van der Waals surface area contributed by atoms with Gasteiger partial charge in [0.15, 0.2) is 0 Å². The Morgan fingerprint density at radius 3 is 2.81 bits per heavy atom. The van der Waals surface area contributed by atoms with Crippen LogP contribution in [0.5, 0.6) is 0 Å². The van der Waals surface area contributed by atoms with E-state index in [0.29, 0.717) is 11.7 Å². The van der Waals surface area contributed by atoms with Crippen LogP contribution >= 0.6 is 23.1 Å². The molecule has 0 aliphatic rings. The van der Waals surface area contributed by atoms with Crippen LogP contribution in [-0.2, 0) is 23.5 Å². The van der Waals surface area contributed by atoms with Crippen molar-refractivity contribution in [1.82, 2.24) is 20.4 Å². The summed E-state index contributed by atoms with van der Waals surface area (Å²) in [6.07, 6.45) is 0.222. The monoisotopic (exact) mass is 450 g/mol. The molecule has 2 aromatic carbocycles. The summed E-state index contributed by atoms with van der Waals surface area (Å²) in [4.78, 5) is 21.2. The number of nitrogens with one attached hydrogen (secondary N) is 1. The lowest BCUT2D eigenvalue weighted by Crippen LogP contribution is -2.24. The van der Waals surface area contributed by atoms with Crippen LogP contribution in [0.4, 0.5) is 0 Å². The number of benzene rings is 2. The number of aryl methyl sites for hydroxylation is 2. The minimum atomic E-state index is -0.129. The summed E-state index contributed by atoms with van der Waals surface area (Å²) in [6, 6.07) is 16.1. The third kappa shape index (κ3) is 5.80. The molecule has 0 atom stereocenters. The smallest absolute Gasteiger partial charge is 0.246 e. The molecule has 4 aromatic rings. The molecule has 0 unspecified atom stereocenters. The van der Waals surface area contributed by atoms with Gasteiger partial charge < -0.3 is 9.84 Å².